The number of hydrogen-bond acceptors (Lipinski definition) is 14. The Kier molecular flexibility index (Phi) is 24.7. The van der Waals surface area contributed by atoms with Crippen molar-refractivity contribution in [1.82, 2.24) is 15.0 Å². The van der Waals surface area contributed by atoms with Crippen molar-refractivity contribution in [1.29, 1.82) is 0 Å². The van der Waals surface area contributed by atoms with E-state index in [-0.39, 0.29) is 58.0 Å². The molecule has 15 nitrogen and oxygen atoms in total. The minimum atomic E-state index is -1.16. The molecule has 69 heavy (non-hydrogen) atoms. The zero-order chi connectivity index (χ0) is 51.5. The van der Waals surface area contributed by atoms with Gasteiger partial charge in [-0.15, -0.1) is 24.4 Å². The number of carboxylic acids is 4. The van der Waals surface area contributed by atoms with Crippen LogP contribution in [0.3, 0.4) is 0 Å². The van der Waals surface area contributed by atoms with E-state index in [2.05, 4.69) is 81.8 Å². The highest BCUT2D eigenvalue weighted by molar-refractivity contribution is 8.00. The molecule has 0 saturated heterocycles. The molecule has 0 aliphatic carbocycles. The molecule has 3 heterocycles. The van der Waals surface area contributed by atoms with Gasteiger partial charge in [0.05, 0.1) is 52.2 Å². The van der Waals surface area contributed by atoms with Crippen molar-refractivity contribution in [2.45, 2.75) is 74.4 Å². The zero-order valence-electron chi connectivity index (χ0n) is 37.6. The number of anilines is 1. The molecule has 7 rings (SSSR count). The summed E-state index contributed by atoms with van der Waals surface area (Å²) in [5, 5.41) is 61.2. The van der Waals surface area contributed by atoms with Gasteiger partial charge in [-0.05, 0) is 72.8 Å². The molecule has 7 aromatic rings. The van der Waals surface area contributed by atoms with E-state index < -0.39 is 41.6 Å². The predicted molar refractivity (Wildman–Crippen MR) is 272 cm³/mol. The number of thioether (sulfide) groups is 1. The summed E-state index contributed by atoms with van der Waals surface area (Å²) >= 11 is 9.95. The van der Waals surface area contributed by atoms with Gasteiger partial charge in [-0.2, -0.15) is 12.6 Å². The van der Waals surface area contributed by atoms with E-state index in [0.29, 0.717) is 15.8 Å². The Labute approximate surface area is 412 Å². The summed E-state index contributed by atoms with van der Waals surface area (Å²) in [6, 6.07) is 22.7. The summed E-state index contributed by atoms with van der Waals surface area (Å²) in [7, 11) is 0. The maximum absolute atomic E-state index is 13.3. The SMILES string of the molecule is C.CC(C)(C)S.CC(C)(C)Sc1cc(C(=O)O)cc2cccnc12.Nc1ccc(C(=O)O)cc1F.O=C(O)c1cc(F)c2ncccc2c1.O=C(O)c1cc(S)c2ncccc2c1.OCC(O)CO. The van der Waals surface area contributed by atoms with Crippen molar-refractivity contribution < 1.29 is 63.7 Å². The Morgan fingerprint density at radius 1 is 0.609 bits per heavy atom. The van der Waals surface area contributed by atoms with Gasteiger partial charge >= 0.3 is 23.9 Å². The smallest absolute Gasteiger partial charge is 0.335 e. The molecule has 0 unspecified atom stereocenters. The number of fused-ring (bicyclic) bond motifs is 3. The number of aliphatic hydroxyl groups excluding tert-OH is 3. The summed E-state index contributed by atoms with van der Waals surface area (Å²) in [6.07, 6.45) is 3.90. The number of nitrogens with zero attached hydrogens (tertiary/aromatic N) is 3. The van der Waals surface area contributed by atoms with E-state index in [1.54, 1.807) is 60.6 Å². The number of halogens is 2. The number of thiol groups is 2. The lowest BCUT2D eigenvalue weighted by Gasteiger charge is -2.18. The molecule has 0 bridgehead atoms. The van der Waals surface area contributed by atoms with Gasteiger partial charge in [-0.25, -0.2) is 28.0 Å². The number of aromatic carboxylic acids is 4. The first kappa shape index (κ1) is 60.6. The summed E-state index contributed by atoms with van der Waals surface area (Å²) in [5.74, 6) is -5.48. The number of aromatic nitrogens is 3. The number of carboxylic acid groups (broad SMARTS) is 4. The maximum Gasteiger partial charge on any atom is 0.335 e. The molecule has 370 valence electrons. The number of benzene rings is 4. The molecule has 0 fully saturated rings. The number of rotatable bonds is 7. The fourth-order valence-corrected chi connectivity index (χ4v) is 6.41. The van der Waals surface area contributed by atoms with E-state index in [1.807, 2.05) is 18.2 Å². The van der Waals surface area contributed by atoms with Crippen LogP contribution < -0.4 is 5.73 Å². The molecule has 0 aliphatic rings. The molecule has 3 aromatic heterocycles. The van der Waals surface area contributed by atoms with E-state index >= 15 is 0 Å². The fraction of sp³-hybridized carbons (Fsp3) is 0.245. The normalized spacial score (nSPS) is 10.5. The van der Waals surface area contributed by atoms with E-state index in [9.17, 15) is 28.0 Å². The summed E-state index contributed by atoms with van der Waals surface area (Å²) < 4.78 is 26.0. The minimum absolute atomic E-state index is 0. The van der Waals surface area contributed by atoms with Gasteiger partial charge < -0.3 is 41.5 Å². The lowest BCUT2D eigenvalue weighted by molar-refractivity contribution is 0.0450. The standard InChI is InChI=1S/C14H15NO2S.C10H6FNO2.C10H7NO2S.C7H6FNO2.C4H10S.C3H8O3.CH4/c1-14(2,3)18-11-8-10(13(16)17)7-9-5-4-6-15-12(9)11;11-8-5-7(10(13)14)4-6-2-1-3-12-9(6)8;12-10(13)7-4-6-2-1-3-11-9(6)8(14)5-7;8-5-3-4(7(10)11)1-2-6(5)9;1-4(2,3)5;4-1-3(6)2-5;/h4-8H,1-3H3,(H,16,17);1-5H,(H,13,14);1-5,14H,(H,12,13);1-3H,9H2,(H,10,11);5H,1-3H3;3-6H,1-2H2;1H4. The highest BCUT2D eigenvalue weighted by Crippen LogP contribution is 2.36. The molecule has 0 amide bonds. The monoisotopic (exact) mass is 1010 g/mol. The summed E-state index contributed by atoms with van der Waals surface area (Å²) in [5.41, 5.74) is 7.23. The van der Waals surface area contributed by atoms with Gasteiger partial charge in [-0.1, -0.05) is 67.2 Å². The first-order valence-corrected chi connectivity index (χ1v) is 21.7. The topological polar surface area (TPSA) is 275 Å². The van der Waals surface area contributed by atoms with Crippen LogP contribution in [0.1, 0.15) is 90.4 Å². The van der Waals surface area contributed by atoms with Crippen molar-refractivity contribution in [3.63, 3.8) is 0 Å². The number of carbonyl (C=O) groups is 4. The minimum Gasteiger partial charge on any atom is -0.478 e. The van der Waals surface area contributed by atoms with Crippen molar-refractivity contribution in [3.8, 4) is 0 Å². The zero-order valence-corrected chi connectivity index (χ0v) is 40.2. The second-order valence-electron chi connectivity index (χ2n) is 16.0. The lowest BCUT2D eigenvalue weighted by atomic mass is 10.1. The summed E-state index contributed by atoms with van der Waals surface area (Å²) in [6.45, 7) is 11.7. The van der Waals surface area contributed by atoms with Crippen LogP contribution in [0.4, 0.5) is 14.5 Å². The van der Waals surface area contributed by atoms with Crippen LogP contribution in [0.25, 0.3) is 32.7 Å². The molecule has 0 spiro atoms. The second kappa shape index (κ2) is 28.2. The Bertz CT molecular complexity index is 2740. The van der Waals surface area contributed by atoms with Crippen molar-refractivity contribution in [3.05, 3.63) is 143 Å². The number of nitrogens with two attached hydrogens (primary N) is 1. The van der Waals surface area contributed by atoms with Crippen LogP contribution in [0.15, 0.2) is 119 Å². The molecule has 0 aliphatic heterocycles. The van der Waals surface area contributed by atoms with Gasteiger partial charge in [0, 0.05) is 54.0 Å². The molecule has 4 aromatic carbocycles. The highest BCUT2D eigenvalue weighted by Gasteiger charge is 2.17. The van der Waals surface area contributed by atoms with Crippen LogP contribution in [0, 0.1) is 11.6 Å². The van der Waals surface area contributed by atoms with Crippen LogP contribution in [0.2, 0.25) is 0 Å². The predicted octanol–water partition coefficient (Wildman–Crippen LogP) is 9.91. The Morgan fingerprint density at radius 3 is 1.39 bits per heavy atom. The average Bonchev–Trinajstić information content (AvgIpc) is 3.26. The van der Waals surface area contributed by atoms with Crippen molar-refractivity contribution in [2.75, 3.05) is 18.9 Å². The van der Waals surface area contributed by atoms with Crippen molar-refractivity contribution >= 4 is 99.3 Å². The molecule has 0 saturated carbocycles. The Balaban J connectivity index is 0.000000431. The third-order valence-electron chi connectivity index (χ3n) is 7.84. The first-order valence-electron chi connectivity index (χ1n) is 20.0. The lowest BCUT2D eigenvalue weighted by Crippen LogP contribution is -2.15. The van der Waals surface area contributed by atoms with Gasteiger partial charge in [-0.3, -0.25) is 15.0 Å². The van der Waals surface area contributed by atoms with Crippen molar-refractivity contribution in [2.24, 2.45) is 0 Å². The Morgan fingerprint density at radius 2 is 0.986 bits per heavy atom. The summed E-state index contributed by atoms with van der Waals surface area (Å²) in [4.78, 5) is 56.5. The van der Waals surface area contributed by atoms with Crippen LogP contribution in [0.5, 0.6) is 0 Å². The number of nitrogen functional groups attached to an aromatic ring is 1. The van der Waals surface area contributed by atoms with Gasteiger partial charge in [0.2, 0.25) is 0 Å². The maximum atomic E-state index is 13.3. The third-order valence-corrected chi connectivity index (χ3v) is 9.32. The Hall–Kier alpha value is -6.42. The molecule has 0 radical (unpaired) electrons. The molecule has 20 heteroatoms. The highest BCUT2D eigenvalue weighted by atomic mass is 32.2. The van der Waals surface area contributed by atoms with Crippen LogP contribution in [-0.4, -0.2) is 103 Å². The van der Waals surface area contributed by atoms with Crippen LogP contribution in [-0.2, 0) is 0 Å². The van der Waals surface area contributed by atoms with E-state index in [4.69, 9.17) is 41.5 Å². The molecular formula is C49H56F2N4O11S3. The molecule has 0 atom stereocenters. The molecule has 9 N–H and O–H groups in total. The third kappa shape index (κ3) is 21.6. The number of pyridine rings is 3. The van der Waals surface area contributed by atoms with Gasteiger partial charge in [0.1, 0.15) is 23.3 Å². The quantitative estimate of drug-likeness (QED) is 0.0404. The second-order valence-corrected chi connectivity index (χ2v) is 19.7. The van der Waals surface area contributed by atoms with Gasteiger partial charge in [0.25, 0.3) is 0 Å². The van der Waals surface area contributed by atoms with Crippen LogP contribution >= 0.6 is 37.0 Å². The number of hydrogen-bond donors (Lipinski definition) is 10. The van der Waals surface area contributed by atoms with E-state index in [0.717, 1.165) is 38.8 Å². The fourth-order valence-electron chi connectivity index (χ4n) is 4.98. The van der Waals surface area contributed by atoms with Gasteiger partial charge in [0.15, 0.2) is 0 Å². The first-order chi connectivity index (χ1) is 31.6. The number of aliphatic hydroxyl groups is 3. The average molecular weight is 1010 g/mol. The largest absolute Gasteiger partial charge is 0.478 e. The molecular weight excluding hydrogens is 955 g/mol. The van der Waals surface area contributed by atoms with E-state index in [1.165, 1.54) is 30.5 Å².